The number of hydrogen-bond acceptors (Lipinski definition) is 37. The number of aliphatic hydroxyl groups is 20. The predicted molar refractivity (Wildman–Crippen MR) is 373 cm³/mol. The number of anilines is 1. The Morgan fingerprint density at radius 2 is 0.732 bits per heavy atom. The standard InChI is InChI=1S/C73H106N5O34/c1-6-77-33-17-9-7-15-31(33)72(2,3)42(77)19-13-20-43-73(4,5)32-16-8-10-18-34(32)78(43)21-12-11-14-30-22-76(75-74-30)23-35-58-44(85)51(92)65(99-35)107-59-36(24-79)101-67(53(94)46(59)87)109-61-38(26-81)103-69(55(96)48(61)89)111-63-40(28-83)105-71(57(98)50(63)91)112-64-41(29-84)104-70(56(97)49(64)90)110-62-39(27-82)102-68(54(95)47(62)88)108-60-37(25-80)100-66(106-58)52(93)45(60)86/h7-10,13,15-20,22,35-41,44-71,79-98H,6,11-12,14,21,23-29H2,1-5H3/q+1. The molecular weight excluding hydrogens is 1490 g/mol. The average molecular weight is 1600 g/mol. The Balaban J connectivity index is 0.761. The Morgan fingerprint density at radius 3 is 1.09 bits per heavy atom. The maximum atomic E-state index is 12.2. The number of para-hydroxylation sites is 2. The van der Waals surface area contributed by atoms with Gasteiger partial charge in [-0.25, -0.2) is 4.68 Å². The Kier molecular flexibility index (Phi) is 26.9. The molecule has 21 fully saturated rings. The van der Waals surface area contributed by atoms with Gasteiger partial charge in [0.25, 0.3) is 0 Å². The van der Waals surface area contributed by atoms with Gasteiger partial charge in [-0.1, -0.05) is 61.5 Å². The molecule has 0 radical (unpaired) electrons. The number of aromatic nitrogens is 3. The predicted octanol–water partition coefficient (Wildman–Crippen LogP) is -8.27. The number of allylic oxidation sites excluding steroid dienone is 4. The highest BCUT2D eigenvalue weighted by Gasteiger charge is 2.60. The summed E-state index contributed by atoms with van der Waals surface area (Å²) in [5, 5.41) is 237. The Bertz CT molecular complexity index is 3690. The first-order chi connectivity index (χ1) is 53.5. The molecule has 23 aliphatic heterocycles. The van der Waals surface area contributed by atoms with Crippen LogP contribution in [0.5, 0.6) is 0 Å². The fourth-order valence-electron chi connectivity index (χ4n) is 16.8. The third-order valence-electron chi connectivity index (χ3n) is 23.0. The zero-order valence-corrected chi connectivity index (χ0v) is 62.0. The van der Waals surface area contributed by atoms with E-state index in [1.165, 1.54) is 27.2 Å². The minimum absolute atomic E-state index is 0.230. The summed E-state index contributed by atoms with van der Waals surface area (Å²) in [4.78, 5) is 2.35. The average Bonchev–Trinajstić information content (AvgIpc) is 1.56. The number of hydrogen-bond donors (Lipinski definition) is 20. The second-order valence-corrected chi connectivity index (χ2v) is 30.8. The molecule has 1 aromatic heterocycles. The summed E-state index contributed by atoms with van der Waals surface area (Å²) in [5.41, 5.74) is 6.92. The first kappa shape index (κ1) is 85.1. The summed E-state index contributed by atoms with van der Waals surface area (Å²) >= 11 is 0. The molecule has 26 rings (SSSR count). The summed E-state index contributed by atoms with van der Waals surface area (Å²) in [7, 11) is 0. The van der Waals surface area contributed by atoms with Crippen LogP contribution in [0.1, 0.15) is 64.3 Å². The number of likely N-dealkylation sites (N-methyl/N-ethyl adjacent to an activating group) is 1. The van der Waals surface area contributed by atoms with Crippen LogP contribution in [-0.2, 0) is 90.1 Å². The fourth-order valence-corrected chi connectivity index (χ4v) is 16.8. The van der Waals surface area contributed by atoms with Crippen molar-refractivity contribution in [1.82, 2.24) is 15.0 Å². The fraction of sp³-hybridized carbons (Fsp3) is 0.740. The molecule has 0 aliphatic carbocycles. The minimum Gasteiger partial charge on any atom is -0.394 e. The number of aryl methyl sites for hydroxylation is 1. The highest BCUT2D eigenvalue weighted by atomic mass is 16.8. The van der Waals surface area contributed by atoms with Gasteiger partial charge < -0.3 is 173 Å². The minimum atomic E-state index is -2.24. The molecule has 0 spiro atoms. The molecule has 3 aromatic rings. The van der Waals surface area contributed by atoms with Crippen molar-refractivity contribution < 1.29 is 173 Å². The van der Waals surface area contributed by atoms with E-state index in [1.807, 2.05) is 12.1 Å². The number of nitrogens with zero attached hydrogens (tertiary/aromatic N) is 5. The number of unbranched alkanes of at least 4 members (excludes halogenated alkanes) is 1. The van der Waals surface area contributed by atoms with Crippen LogP contribution in [0.3, 0.4) is 0 Å². The van der Waals surface area contributed by atoms with Gasteiger partial charge in [-0.2, -0.15) is 4.58 Å². The molecule has 0 amide bonds. The molecular formula is C73H106N5O34+. The zero-order chi connectivity index (χ0) is 80.3. The maximum absolute atomic E-state index is 12.2. The summed E-state index contributed by atoms with van der Waals surface area (Å²) < 4.78 is 86.5. The van der Waals surface area contributed by atoms with E-state index in [0.29, 0.717) is 31.5 Å². The number of ether oxygens (including phenoxy) is 14. The molecule has 35 atom stereocenters. The maximum Gasteiger partial charge on any atom is 0.209 e. The van der Waals surface area contributed by atoms with Crippen molar-refractivity contribution in [2.45, 2.75) is 286 Å². The molecule has 39 heteroatoms. The van der Waals surface area contributed by atoms with Crippen LogP contribution >= 0.6 is 0 Å². The van der Waals surface area contributed by atoms with E-state index in [9.17, 15) is 102 Å². The van der Waals surface area contributed by atoms with E-state index in [2.05, 4.69) is 109 Å². The number of aliphatic hydroxyl groups excluding tert-OH is 20. The molecule has 20 N–H and O–H groups in total. The normalized spacial score (nSPS) is 44.2. The van der Waals surface area contributed by atoms with E-state index in [4.69, 9.17) is 66.3 Å². The van der Waals surface area contributed by atoms with E-state index in [-0.39, 0.29) is 10.8 Å². The van der Waals surface area contributed by atoms with Crippen LogP contribution in [0.4, 0.5) is 11.4 Å². The SMILES string of the molecule is CCN1C(=CC=CC2=[N+](CCCCc3cn(CC4OC5OC6C(CO)OC(OC7C(CO)OC(OC8C(CO)OC(OC9C(CO)OC(OC%10C(CO)OC(OC%11C(CO)OC(OC4C(O)C5O)C(O)C%11O)C(O)C%10O)C(O)C9O)C(O)C8O)C(O)C7O)C(O)C6O)nn3)c3ccccc3C2(C)C)C(C)(C)c2ccccc21. The topological polar surface area (TPSA) is 571 Å². The van der Waals surface area contributed by atoms with E-state index in [0.717, 1.165) is 17.9 Å². The Hall–Kier alpha value is -4.83. The summed E-state index contributed by atoms with van der Waals surface area (Å²) in [6, 6.07) is 16.7. The van der Waals surface area contributed by atoms with Gasteiger partial charge >= 0.3 is 0 Å². The molecule has 2 aromatic carbocycles. The third-order valence-corrected chi connectivity index (χ3v) is 23.0. The lowest BCUT2D eigenvalue weighted by molar-refractivity contribution is -0.438. The van der Waals surface area contributed by atoms with Crippen molar-refractivity contribution in [1.29, 1.82) is 0 Å². The van der Waals surface area contributed by atoms with E-state index < -0.39 is 261 Å². The van der Waals surface area contributed by atoms with Crippen molar-refractivity contribution in [3.05, 3.63) is 95.5 Å². The van der Waals surface area contributed by atoms with Crippen LogP contribution < -0.4 is 4.90 Å². The van der Waals surface area contributed by atoms with Gasteiger partial charge in [-0.05, 0) is 51.3 Å². The zero-order valence-electron chi connectivity index (χ0n) is 62.0. The molecule has 14 bridgehead atoms. The van der Waals surface area contributed by atoms with Crippen LogP contribution in [0.2, 0.25) is 0 Å². The molecule has 0 saturated carbocycles. The lowest BCUT2D eigenvalue weighted by Crippen LogP contribution is -2.68. The molecule has 35 unspecified atom stereocenters. The summed E-state index contributed by atoms with van der Waals surface area (Å²) in [6.45, 7) is 5.69. The quantitative estimate of drug-likeness (QED) is 0.0468. The monoisotopic (exact) mass is 1600 g/mol. The molecule has 626 valence electrons. The van der Waals surface area contributed by atoms with E-state index >= 15 is 0 Å². The van der Waals surface area contributed by atoms with Gasteiger partial charge in [0.2, 0.25) is 5.69 Å². The molecule has 24 heterocycles. The van der Waals surface area contributed by atoms with Crippen LogP contribution in [0, 0.1) is 0 Å². The van der Waals surface area contributed by atoms with Crippen LogP contribution in [0.15, 0.2) is 78.7 Å². The van der Waals surface area contributed by atoms with Gasteiger partial charge in [0.05, 0.1) is 57.3 Å². The van der Waals surface area contributed by atoms with Crippen molar-refractivity contribution in [3.8, 4) is 0 Å². The van der Waals surface area contributed by atoms with Gasteiger partial charge in [0, 0.05) is 53.7 Å². The number of benzene rings is 2. The van der Waals surface area contributed by atoms with Crippen molar-refractivity contribution in [2.24, 2.45) is 0 Å². The van der Waals surface area contributed by atoms with Crippen molar-refractivity contribution in [2.75, 3.05) is 57.6 Å². The highest BCUT2D eigenvalue weighted by molar-refractivity contribution is 6.03. The largest absolute Gasteiger partial charge is 0.394 e. The first-order valence-electron chi connectivity index (χ1n) is 37.8. The lowest BCUT2D eigenvalue weighted by atomic mass is 9.81. The summed E-state index contributed by atoms with van der Waals surface area (Å²) in [6.07, 6.45) is -61.0. The van der Waals surface area contributed by atoms with Gasteiger partial charge in [-0.15, -0.1) is 5.10 Å². The molecule has 112 heavy (non-hydrogen) atoms. The van der Waals surface area contributed by atoms with Crippen molar-refractivity contribution >= 4 is 17.1 Å². The Labute approximate surface area is 642 Å². The second kappa shape index (κ2) is 35.4. The highest BCUT2D eigenvalue weighted by Crippen LogP contribution is 2.48. The molecule has 23 aliphatic rings. The van der Waals surface area contributed by atoms with Crippen LogP contribution in [-0.4, -0.2) is 395 Å². The van der Waals surface area contributed by atoms with Gasteiger partial charge in [0.1, 0.15) is 177 Å². The van der Waals surface area contributed by atoms with Crippen LogP contribution in [0.25, 0.3) is 0 Å². The van der Waals surface area contributed by atoms with Gasteiger partial charge in [0.15, 0.2) is 49.7 Å². The third kappa shape index (κ3) is 16.2. The lowest BCUT2D eigenvalue weighted by Gasteiger charge is -2.50. The molecule has 39 nitrogen and oxygen atoms in total. The Morgan fingerprint density at radius 1 is 0.402 bits per heavy atom. The first-order valence-corrected chi connectivity index (χ1v) is 37.8. The molecule has 21 saturated heterocycles. The second-order valence-electron chi connectivity index (χ2n) is 30.8. The van der Waals surface area contributed by atoms with Gasteiger partial charge in [-0.3, -0.25) is 0 Å². The van der Waals surface area contributed by atoms with E-state index in [1.54, 1.807) is 6.20 Å². The van der Waals surface area contributed by atoms with Crippen molar-refractivity contribution in [3.63, 3.8) is 0 Å². The number of fused-ring (bicyclic) bond motifs is 2. The summed E-state index contributed by atoms with van der Waals surface area (Å²) in [5.74, 6) is 0. The smallest absolute Gasteiger partial charge is 0.209 e. The number of rotatable bonds is 16.